The van der Waals surface area contributed by atoms with Crippen molar-refractivity contribution in [1.82, 2.24) is 4.90 Å². The molecule has 2 rings (SSSR count). The Bertz CT molecular complexity index is 533. The largest absolute Gasteiger partial charge is 0.497 e. The minimum absolute atomic E-state index is 0.00432. The van der Waals surface area contributed by atoms with E-state index in [-0.39, 0.29) is 19.7 Å². The van der Waals surface area contributed by atoms with E-state index in [4.69, 9.17) is 9.47 Å². The van der Waals surface area contributed by atoms with Crippen LogP contribution in [0.4, 0.5) is 17.6 Å². The second-order valence-corrected chi connectivity index (χ2v) is 4.49. The minimum Gasteiger partial charge on any atom is -0.497 e. The van der Waals surface area contributed by atoms with E-state index in [1.54, 1.807) is 18.2 Å². The summed E-state index contributed by atoms with van der Waals surface area (Å²) in [5.41, 5.74) is 0.467. The Kier molecular flexibility index (Phi) is 4.24. The second-order valence-electron chi connectivity index (χ2n) is 4.49. The summed E-state index contributed by atoms with van der Waals surface area (Å²) in [7, 11) is 1.43. The van der Waals surface area contributed by atoms with Gasteiger partial charge in [-0.1, -0.05) is 0 Å². The first-order chi connectivity index (χ1) is 9.82. The van der Waals surface area contributed by atoms with Crippen LogP contribution in [0.25, 0.3) is 0 Å². The molecule has 1 aromatic carbocycles. The molecule has 1 aliphatic rings. The van der Waals surface area contributed by atoms with Gasteiger partial charge < -0.3 is 14.4 Å². The van der Waals surface area contributed by atoms with E-state index < -0.39 is 18.3 Å². The van der Waals surface area contributed by atoms with Gasteiger partial charge in [0, 0.05) is 12.1 Å². The molecular formula is C13H13F4NO3. The number of hydrogen-bond acceptors (Lipinski definition) is 3. The highest BCUT2D eigenvalue weighted by atomic mass is 19.4. The van der Waals surface area contributed by atoms with Crippen LogP contribution in [0.1, 0.15) is 5.56 Å². The zero-order chi connectivity index (χ0) is 15.6. The number of methoxy groups -OCH3 is 1. The van der Waals surface area contributed by atoms with Crippen LogP contribution in [-0.2, 0) is 11.3 Å². The van der Waals surface area contributed by atoms with Crippen LogP contribution >= 0.6 is 0 Å². The van der Waals surface area contributed by atoms with Gasteiger partial charge in [-0.05, 0) is 18.2 Å². The Morgan fingerprint density at radius 2 is 2.14 bits per heavy atom. The molecule has 0 fully saturated rings. The fourth-order valence-electron chi connectivity index (χ4n) is 1.99. The zero-order valence-corrected chi connectivity index (χ0v) is 11.1. The highest BCUT2D eigenvalue weighted by Crippen LogP contribution is 2.30. The molecule has 8 heteroatoms. The monoisotopic (exact) mass is 307 g/mol. The Morgan fingerprint density at radius 3 is 2.76 bits per heavy atom. The van der Waals surface area contributed by atoms with Gasteiger partial charge in [0.05, 0.1) is 13.7 Å². The van der Waals surface area contributed by atoms with Gasteiger partial charge in [0.2, 0.25) is 0 Å². The first-order valence-corrected chi connectivity index (χ1v) is 6.12. The van der Waals surface area contributed by atoms with E-state index in [0.29, 0.717) is 17.1 Å². The SMILES string of the molecule is COc1ccc2c(c1)CN(C(=O)C(F)C(F)(F)F)CCO2. The Labute approximate surface area is 118 Å². The first-order valence-electron chi connectivity index (χ1n) is 6.12. The summed E-state index contributed by atoms with van der Waals surface area (Å²) in [6.45, 7) is -0.288. The van der Waals surface area contributed by atoms with E-state index in [9.17, 15) is 22.4 Å². The van der Waals surface area contributed by atoms with Crippen molar-refractivity contribution in [3.8, 4) is 11.5 Å². The first kappa shape index (κ1) is 15.4. The summed E-state index contributed by atoms with van der Waals surface area (Å²) in [6, 6.07) is 4.77. The number of carbonyl (C=O) groups is 1. The van der Waals surface area contributed by atoms with Gasteiger partial charge in [-0.3, -0.25) is 4.79 Å². The molecule has 0 saturated carbocycles. The molecule has 0 spiro atoms. The Morgan fingerprint density at radius 1 is 1.43 bits per heavy atom. The summed E-state index contributed by atoms with van der Waals surface area (Å²) in [6.07, 6.45) is -8.73. The van der Waals surface area contributed by atoms with E-state index in [0.717, 1.165) is 4.90 Å². The smallest absolute Gasteiger partial charge is 0.428 e. The summed E-state index contributed by atoms with van der Waals surface area (Å²) in [4.78, 5) is 12.4. The van der Waals surface area contributed by atoms with Crippen molar-refractivity contribution in [3.63, 3.8) is 0 Å². The van der Waals surface area contributed by atoms with Crippen LogP contribution in [0.5, 0.6) is 11.5 Å². The fraction of sp³-hybridized carbons (Fsp3) is 0.462. The molecule has 116 valence electrons. The summed E-state index contributed by atoms with van der Waals surface area (Å²) < 4.78 is 60.4. The minimum atomic E-state index is -5.21. The number of amides is 1. The normalized spacial score (nSPS) is 16.5. The zero-order valence-electron chi connectivity index (χ0n) is 11.1. The average Bonchev–Trinajstić information content (AvgIpc) is 2.65. The third-order valence-electron chi connectivity index (χ3n) is 3.06. The number of fused-ring (bicyclic) bond motifs is 1. The molecule has 0 radical (unpaired) electrons. The lowest BCUT2D eigenvalue weighted by Crippen LogP contribution is -2.44. The maximum absolute atomic E-state index is 13.2. The van der Waals surface area contributed by atoms with Crippen molar-refractivity contribution in [2.45, 2.75) is 18.9 Å². The van der Waals surface area contributed by atoms with Crippen LogP contribution in [0.3, 0.4) is 0 Å². The molecule has 1 heterocycles. The van der Waals surface area contributed by atoms with Gasteiger partial charge in [0.25, 0.3) is 12.1 Å². The number of alkyl halides is 4. The average molecular weight is 307 g/mol. The van der Waals surface area contributed by atoms with Gasteiger partial charge >= 0.3 is 6.18 Å². The molecule has 0 saturated heterocycles. The predicted molar refractivity (Wildman–Crippen MR) is 64.9 cm³/mol. The number of rotatable bonds is 2. The molecular weight excluding hydrogens is 294 g/mol. The maximum Gasteiger partial charge on any atom is 0.428 e. The number of hydrogen-bond donors (Lipinski definition) is 0. The Hall–Kier alpha value is -1.99. The highest BCUT2D eigenvalue weighted by molar-refractivity contribution is 5.81. The molecule has 0 bridgehead atoms. The second kappa shape index (κ2) is 5.79. The molecule has 1 aliphatic heterocycles. The topological polar surface area (TPSA) is 38.8 Å². The van der Waals surface area contributed by atoms with Gasteiger partial charge in [-0.2, -0.15) is 13.2 Å². The van der Waals surface area contributed by atoms with Gasteiger partial charge in [-0.25, -0.2) is 4.39 Å². The number of nitrogens with zero attached hydrogens (tertiary/aromatic N) is 1. The third kappa shape index (κ3) is 3.37. The standard InChI is InChI=1S/C13H13F4NO3/c1-20-9-2-3-10-8(6-9)7-18(4-5-21-10)12(19)11(14)13(15,16)17/h2-3,6,11H,4-5,7H2,1H3. The quantitative estimate of drug-likeness (QED) is 0.787. The van der Waals surface area contributed by atoms with Crippen molar-refractivity contribution < 1.29 is 31.8 Å². The molecule has 0 aromatic heterocycles. The molecule has 0 N–H and O–H groups in total. The lowest BCUT2D eigenvalue weighted by molar-refractivity contribution is -0.193. The van der Waals surface area contributed by atoms with E-state index >= 15 is 0 Å². The fourth-order valence-corrected chi connectivity index (χ4v) is 1.99. The number of ether oxygens (including phenoxy) is 2. The molecule has 21 heavy (non-hydrogen) atoms. The summed E-state index contributed by atoms with van der Waals surface area (Å²) in [5, 5.41) is 0. The maximum atomic E-state index is 13.2. The molecule has 0 aliphatic carbocycles. The highest BCUT2D eigenvalue weighted by Gasteiger charge is 2.47. The van der Waals surface area contributed by atoms with Crippen molar-refractivity contribution in [2.24, 2.45) is 0 Å². The Balaban J connectivity index is 2.22. The van der Waals surface area contributed by atoms with Crippen molar-refractivity contribution in [1.29, 1.82) is 0 Å². The van der Waals surface area contributed by atoms with Gasteiger partial charge in [0.15, 0.2) is 0 Å². The number of benzene rings is 1. The van der Waals surface area contributed by atoms with E-state index in [1.807, 2.05) is 0 Å². The van der Waals surface area contributed by atoms with Crippen molar-refractivity contribution >= 4 is 5.91 Å². The van der Waals surface area contributed by atoms with Crippen molar-refractivity contribution in [3.05, 3.63) is 23.8 Å². The van der Waals surface area contributed by atoms with Crippen LogP contribution in [0.15, 0.2) is 18.2 Å². The van der Waals surface area contributed by atoms with Gasteiger partial charge in [-0.15, -0.1) is 0 Å². The van der Waals surface area contributed by atoms with Crippen LogP contribution in [-0.4, -0.2) is 43.4 Å². The lowest BCUT2D eigenvalue weighted by Gasteiger charge is -2.23. The van der Waals surface area contributed by atoms with Crippen LogP contribution < -0.4 is 9.47 Å². The number of halogens is 4. The van der Waals surface area contributed by atoms with E-state index in [1.165, 1.54) is 7.11 Å². The molecule has 1 atom stereocenters. The van der Waals surface area contributed by atoms with Crippen LogP contribution in [0.2, 0.25) is 0 Å². The number of carbonyl (C=O) groups excluding carboxylic acids is 1. The van der Waals surface area contributed by atoms with Gasteiger partial charge in [0.1, 0.15) is 18.1 Å². The molecule has 1 aromatic rings. The van der Waals surface area contributed by atoms with Crippen LogP contribution in [0, 0.1) is 0 Å². The molecule has 1 unspecified atom stereocenters. The third-order valence-corrected chi connectivity index (χ3v) is 3.06. The van der Waals surface area contributed by atoms with Crippen molar-refractivity contribution in [2.75, 3.05) is 20.3 Å². The molecule has 4 nitrogen and oxygen atoms in total. The summed E-state index contributed by atoms with van der Waals surface area (Å²) in [5.74, 6) is -0.699. The lowest BCUT2D eigenvalue weighted by atomic mass is 10.1. The van der Waals surface area contributed by atoms with E-state index in [2.05, 4.69) is 0 Å². The molecule has 1 amide bonds. The predicted octanol–water partition coefficient (Wildman–Crippen LogP) is 2.32. The summed E-state index contributed by atoms with van der Waals surface area (Å²) >= 11 is 0.